The van der Waals surface area contributed by atoms with Crippen LogP contribution < -0.4 is 0 Å². The van der Waals surface area contributed by atoms with Crippen molar-refractivity contribution in [1.82, 2.24) is 0 Å². The summed E-state index contributed by atoms with van der Waals surface area (Å²) in [6.45, 7) is 22.1. The standard InChI is InChI=1S/C21H46OSi/c1-18(2)12-10-13-19(3)14-11-15-20(4)16-17-22-23(8,9)21(5,6)7/h18-20H,10-17H2,1-9H3/t19-,20-/m1/s1. The molecule has 0 radical (unpaired) electrons. The number of hydrogen-bond donors (Lipinski definition) is 0. The first-order valence-corrected chi connectivity index (χ1v) is 13.0. The summed E-state index contributed by atoms with van der Waals surface area (Å²) in [5, 5.41) is 0.335. The van der Waals surface area contributed by atoms with E-state index in [1.54, 1.807) is 0 Å². The highest BCUT2D eigenvalue weighted by Crippen LogP contribution is 2.36. The molecule has 0 aromatic heterocycles. The topological polar surface area (TPSA) is 9.23 Å². The van der Waals surface area contributed by atoms with E-state index in [2.05, 4.69) is 61.6 Å². The zero-order chi connectivity index (χ0) is 18.1. The van der Waals surface area contributed by atoms with Gasteiger partial charge in [0.1, 0.15) is 0 Å². The molecular formula is C21H46OSi. The molecule has 1 nitrogen and oxygen atoms in total. The van der Waals surface area contributed by atoms with Gasteiger partial charge in [0.05, 0.1) is 0 Å². The predicted octanol–water partition coefficient (Wildman–Crippen LogP) is 7.67. The molecule has 0 rings (SSSR count). The van der Waals surface area contributed by atoms with Crippen LogP contribution in [0.25, 0.3) is 0 Å². The Bertz CT molecular complexity index is 291. The number of rotatable bonds is 12. The van der Waals surface area contributed by atoms with Crippen molar-refractivity contribution in [2.75, 3.05) is 6.61 Å². The Morgan fingerprint density at radius 2 is 1.17 bits per heavy atom. The van der Waals surface area contributed by atoms with Crippen LogP contribution in [-0.4, -0.2) is 14.9 Å². The highest BCUT2D eigenvalue weighted by molar-refractivity contribution is 6.74. The summed E-state index contributed by atoms with van der Waals surface area (Å²) in [4.78, 5) is 0. The van der Waals surface area contributed by atoms with E-state index < -0.39 is 8.32 Å². The second-order valence-corrected chi connectivity index (χ2v) is 14.7. The van der Waals surface area contributed by atoms with Gasteiger partial charge in [0.15, 0.2) is 8.32 Å². The van der Waals surface area contributed by atoms with E-state index in [0.717, 1.165) is 24.4 Å². The fourth-order valence-electron chi connectivity index (χ4n) is 2.71. The van der Waals surface area contributed by atoms with Gasteiger partial charge in [-0.25, -0.2) is 0 Å². The fourth-order valence-corrected chi connectivity index (χ4v) is 3.77. The Kier molecular flexibility index (Phi) is 11.0. The number of hydrogen-bond acceptors (Lipinski definition) is 1. The van der Waals surface area contributed by atoms with Crippen molar-refractivity contribution in [2.24, 2.45) is 17.8 Å². The van der Waals surface area contributed by atoms with Crippen LogP contribution in [0.4, 0.5) is 0 Å². The van der Waals surface area contributed by atoms with Crippen molar-refractivity contribution in [3.8, 4) is 0 Å². The van der Waals surface area contributed by atoms with E-state index >= 15 is 0 Å². The minimum absolute atomic E-state index is 0.335. The molecule has 0 fully saturated rings. The zero-order valence-corrected chi connectivity index (χ0v) is 18.8. The third-order valence-electron chi connectivity index (χ3n) is 5.75. The van der Waals surface area contributed by atoms with E-state index in [-0.39, 0.29) is 0 Å². The highest BCUT2D eigenvalue weighted by atomic mass is 28.4. The molecule has 0 saturated heterocycles. The lowest BCUT2D eigenvalue weighted by atomic mass is 9.93. The molecule has 0 heterocycles. The first-order valence-electron chi connectivity index (χ1n) is 10.1. The second-order valence-electron chi connectivity index (χ2n) is 9.86. The van der Waals surface area contributed by atoms with Gasteiger partial charge in [0, 0.05) is 6.61 Å². The molecule has 0 bridgehead atoms. The smallest absolute Gasteiger partial charge is 0.191 e. The summed E-state index contributed by atoms with van der Waals surface area (Å²) >= 11 is 0. The fraction of sp³-hybridized carbons (Fsp3) is 1.00. The maximum atomic E-state index is 6.31. The second kappa shape index (κ2) is 10.9. The average Bonchev–Trinajstić information content (AvgIpc) is 2.36. The lowest BCUT2D eigenvalue weighted by Crippen LogP contribution is -2.41. The van der Waals surface area contributed by atoms with Crippen LogP contribution >= 0.6 is 0 Å². The Balaban J connectivity index is 3.74. The van der Waals surface area contributed by atoms with Crippen LogP contribution in [0.3, 0.4) is 0 Å². The van der Waals surface area contributed by atoms with E-state index in [9.17, 15) is 0 Å². The van der Waals surface area contributed by atoms with Crippen LogP contribution in [0.15, 0.2) is 0 Å². The first-order chi connectivity index (χ1) is 10.5. The summed E-state index contributed by atoms with van der Waals surface area (Å²) in [7, 11) is -1.55. The van der Waals surface area contributed by atoms with E-state index in [0.29, 0.717) is 5.04 Å². The molecule has 0 unspecified atom stereocenters. The Labute approximate surface area is 149 Å². The lowest BCUT2D eigenvalue weighted by molar-refractivity contribution is 0.253. The lowest BCUT2D eigenvalue weighted by Gasteiger charge is -2.36. The molecule has 0 aliphatic heterocycles. The molecule has 0 aromatic carbocycles. The largest absolute Gasteiger partial charge is 0.417 e. The summed E-state index contributed by atoms with van der Waals surface area (Å²) in [5.41, 5.74) is 0. The van der Waals surface area contributed by atoms with Crippen LogP contribution in [-0.2, 0) is 4.43 Å². The summed E-state index contributed by atoms with van der Waals surface area (Å²) in [5.74, 6) is 2.58. The minimum atomic E-state index is -1.55. The molecule has 0 N–H and O–H groups in total. The quantitative estimate of drug-likeness (QED) is 0.331. The van der Waals surface area contributed by atoms with Gasteiger partial charge in [-0.2, -0.15) is 0 Å². The van der Waals surface area contributed by atoms with E-state index in [4.69, 9.17) is 4.43 Å². The Morgan fingerprint density at radius 1 is 0.739 bits per heavy atom. The molecule has 0 saturated carbocycles. The molecule has 0 aliphatic rings. The molecule has 2 atom stereocenters. The van der Waals surface area contributed by atoms with Crippen LogP contribution in [0.5, 0.6) is 0 Å². The molecule has 2 heteroatoms. The zero-order valence-electron chi connectivity index (χ0n) is 17.8. The highest BCUT2D eigenvalue weighted by Gasteiger charge is 2.36. The molecule has 140 valence electrons. The average molecular weight is 343 g/mol. The molecule has 23 heavy (non-hydrogen) atoms. The van der Waals surface area contributed by atoms with Crippen molar-refractivity contribution in [2.45, 2.75) is 112 Å². The maximum absolute atomic E-state index is 6.31. The van der Waals surface area contributed by atoms with Crippen molar-refractivity contribution < 1.29 is 4.43 Å². The summed E-state index contributed by atoms with van der Waals surface area (Å²) < 4.78 is 6.31. The molecule has 0 amide bonds. The predicted molar refractivity (Wildman–Crippen MR) is 109 cm³/mol. The van der Waals surface area contributed by atoms with Gasteiger partial charge in [0.2, 0.25) is 0 Å². The Hall–Kier alpha value is 0.177. The maximum Gasteiger partial charge on any atom is 0.191 e. The van der Waals surface area contributed by atoms with Crippen molar-refractivity contribution >= 4 is 8.32 Å². The molecule has 0 aliphatic carbocycles. The first kappa shape index (κ1) is 23.2. The van der Waals surface area contributed by atoms with Gasteiger partial charge in [-0.05, 0) is 42.3 Å². The van der Waals surface area contributed by atoms with Gasteiger partial charge in [-0.15, -0.1) is 0 Å². The molecule has 0 spiro atoms. The van der Waals surface area contributed by atoms with Crippen molar-refractivity contribution in [3.05, 3.63) is 0 Å². The van der Waals surface area contributed by atoms with Gasteiger partial charge in [0.25, 0.3) is 0 Å². The van der Waals surface area contributed by atoms with Crippen LogP contribution in [0.1, 0.15) is 93.4 Å². The van der Waals surface area contributed by atoms with Crippen LogP contribution in [0.2, 0.25) is 18.1 Å². The minimum Gasteiger partial charge on any atom is -0.417 e. The summed E-state index contributed by atoms with van der Waals surface area (Å²) in [6.07, 6.45) is 9.63. The molecular weight excluding hydrogens is 296 g/mol. The van der Waals surface area contributed by atoms with Gasteiger partial charge < -0.3 is 4.43 Å². The van der Waals surface area contributed by atoms with Gasteiger partial charge in [-0.1, -0.05) is 87.0 Å². The third kappa shape index (κ3) is 11.4. The SMILES string of the molecule is CC(C)CCC[C@@H](C)CCC[C@@H](C)CCO[Si](C)(C)C(C)(C)C. The van der Waals surface area contributed by atoms with Gasteiger partial charge in [-0.3, -0.25) is 0 Å². The summed E-state index contributed by atoms with van der Waals surface area (Å²) in [6, 6.07) is 0. The van der Waals surface area contributed by atoms with Crippen molar-refractivity contribution in [3.63, 3.8) is 0 Å². The monoisotopic (exact) mass is 342 g/mol. The normalized spacial score (nSPS) is 15.9. The van der Waals surface area contributed by atoms with E-state index in [1.807, 2.05) is 0 Å². The van der Waals surface area contributed by atoms with Crippen molar-refractivity contribution in [1.29, 1.82) is 0 Å². The van der Waals surface area contributed by atoms with Gasteiger partial charge >= 0.3 is 0 Å². The molecule has 0 aromatic rings. The van der Waals surface area contributed by atoms with E-state index in [1.165, 1.54) is 44.9 Å². The van der Waals surface area contributed by atoms with Crippen LogP contribution in [0, 0.1) is 17.8 Å². The third-order valence-corrected chi connectivity index (χ3v) is 10.3. The Morgan fingerprint density at radius 3 is 1.61 bits per heavy atom.